The van der Waals surface area contributed by atoms with E-state index >= 15 is 0 Å². The van der Waals surface area contributed by atoms with Gasteiger partial charge in [-0.05, 0) is 131 Å². The van der Waals surface area contributed by atoms with Gasteiger partial charge in [-0.15, -0.1) is 11.3 Å². The quantitative estimate of drug-likeness (QED) is 0.128. The Hall–Kier alpha value is -6.74. The van der Waals surface area contributed by atoms with E-state index in [1.54, 1.807) is 11.3 Å². The van der Waals surface area contributed by atoms with Crippen LogP contribution in [0.15, 0.2) is 187 Å². The smallest absolute Gasteiger partial charge is 0.136 e. The highest BCUT2D eigenvalue weighted by atomic mass is 32.1. The van der Waals surface area contributed by atoms with Crippen molar-refractivity contribution in [3.05, 3.63) is 187 Å². The fraction of sp³-hybridized carbons (Fsp3) is 0. The maximum atomic E-state index is 6.51. The van der Waals surface area contributed by atoms with Gasteiger partial charge < -0.3 is 4.42 Å². The summed E-state index contributed by atoms with van der Waals surface area (Å²) in [6, 6.07) is 60.2. The first-order chi connectivity index (χ1) is 26.7. The third-order valence-electron chi connectivity index (χ3n) is 11.0. The maximum absolute atomic E-state index is 6.51. The minimum absolute atomic E-state index is 0.901. The summed E-state index contributed by atoms with van der Waals surface area (Å²) in [5.74, 6) is 0. The molecule has 0 amide bonds. The molecule has 0 radical (unpaired) electrons. The van der Waals surface area contributed by atoms with Crippen LogP contribution in [0.4, 0.5) is 0 Å². The lowest BCUT2D eigenvalue weighted by atomic mass is 9.85. The highest BCUT2D eigenvalue weighted by Gasteiger charge is 2.18. The third kappa shape index (κ3) is 4.85. The monoisotopic (exact) mass is 704 g/mol. The van der Waals surface area contributed by atoms with E-state index in [1.807, 2.05) is 12.2 Å². The average molecular weight is 705 g/mol. The molecule has 11 rings (SSSR count). The lowest BCUT2D eigenvalue weighted by Crippen LogP contribution is -1.91. The Bertz CT molecular complexity index is 3300. The van der Waals surface area contributed by atoms with Gasteiger partial charge in [-0.25, -0.2) is 0 Å². The SMILES string of the molecule is C=C/C=C\c1cc2c(ccc3cc4c(cc32)oc2ccc(-c3cccc(-c5c6ccccc6c(-c6ccc7ccccc7c6)c6ccccc56)c3)cc24)s1. The molecule has 0 atom stereocenters. The van der Waals surface area contributed by atoms with E-state index in [0.29, 0.717) is 0 Å². The van der Waals surface area contributed by atoms with Gasteiger partial charge in [-0.1, -0.05) is 134 Å². The molecule has 0 bridgehead atoms. The minimum atomic E-state index is 0.901. The number of furan rings is 1. The van der Waals surface area contributed by atoms with E-state index in [-0.39, 0.29) is 0 Å². The number of rotatable bonds is 5. The third-order valence-corrected chi connectivity index (χ3v) is 12.0. The zero-order chi connectivity index (χ0) is 35.8. The molecule has 0 aliphatic rings. The molecule has 0 spiro atoms. The van der Waals surface area contributed by atoms with Crippen LogP contribution in [0.2, 0.25) is 0 Å². The Morgan fingerprint density at radius 2 is 1.04 bits per heavy atom. The first kappa shape index (κ1) is 30.8. The van der Waals surface area contributed by atoms with Gasteiger partial charge in [0.1, 0.15) is 11.2 Å². The first-order valence-corrected chi connectivity index (χ1v) is 19.2. The Morgan fingerprint density at radius 3 is 1.80 bits per heavy atom. The van der Waals surface area contributed by atoms with Gasteiger partial charge >= 0.3 is 0 Å². The van der Waals surface area contributed by atoms with Gasteiger partial charge in [0.25, 0.3) is 0 Å². The van der Waals surface area contributed by atoms with Crippen LogP contribution in [-0.4, -0.2) is 0 Å². The minimum Gasteiger partial charge on any atom is -0.456 e. The lowest BCUT2D eigenvalue weighted by molar-refractivity contribution is 0.669. The summed E-state index contributed by atoms with van der Waals surface area (Å²) in [7, 11) is 0. The van der Waals surface area contributed by atoms with Crippen LogP contribution in [0.5, 0.6) is 0 Å². The molecular weight excluding hydrogens is 673 g/mol. The van der Waals surface area contributed by atoms with E-state index in [2.05, 4.69) is 176 Å². The molecule has 0 aliphatic carbocycles. The Morgan fingerprint density at radius 1 is 0.407 bits per heavy atom. The highest BCUT2D eigenvalue weighted by molar-refractivity contribution is 7.20. The second kappa shape index (κ2) is 12.2. The molecule has 0 unspecified atom stereocenters. The second-order valence-corrected chi connectivity index (χ2v) is 15.2. The number of allylic oxidation sites excluding steroid dienone is 2. The van der Waals surface area contributed by atoms with Crippen molar-refractivity contribution in [3.63, 3.8) is 0 Å². The fourth-order valence-corrected chi connectivity index (χ4v) is 9.50. The zero-order valence-electron chi connectivity index (χ0n) is 29.3. The molecule has 0 N–H and O–H groups in total. The van der Waals surface area contributed by atoms with Gasteiger partial charge in [-0.3, -0.25) is 0 Å². The summed E-state index contributed by atoms with van der Waals surface area (Å²) in [6.07, 6.45) is 5.93. The van der Waals surface area contributed by atoms with Crippen molar-refractivity contribution >= 4 is 92.5 Å². The molecule has 1 nitrogen and oxygen atoms in total. The zero-order valence-corrected chi connectivity index (χ0v) is 30.2. The molecule has 9 aromatic carbocycles. The van der Waals surface area contributed by atoms with Crippen molar-refractivity contribution in [2.45, 2.75) is 0 Å². The van der Waals surface area contributed by atoms with Crippen LogP contribution in [-0.2, 0) is 0 Å². The van der Waals surface area contributed by atoms with E-state index in [9.17, 15) is 0 Å². The highest BCUT2D eigenvalue weighted by Crippen LogP contribution is 2.45. The topological polar surface area (TPSA) is 13.1 Å². The van der Waals surface area contributed by atoms with E-state index in [1.165, 1.54) is 91.4 Å². The van der Waals surface area contributed by atoms with Crippen molar-refractivity contribution < 1.29 is 4.42 Å². The number of hydrogen-bond donors (Lipinski definition) is 0. The summed E-state index contributed by atoms with van der Waals surface area (Å²) >= 11 is 1.80. The van der Waals surface area contributed by atoms with Gasteiger partial charge in [-0.2, -0.15) is 0 Å². The van der Waals surface area contributed by atoms with Crippen molar-refractivity contribution in [3.8, 4) is 33.4 Å². The largest absolute Gasteiger partial charge is 0.456 e. The number of fused-ring (bicyclic) bond motifs is 9. The van der Waals surface area contributed by atoms with Crippen LogP contribution in [0.1, 0.15) is 4.88 Å². The van der Waals surface area contributed by atoms with E-state index in [0.717, 1.165) is 21.9 Å². The van der Waals surface area contributed by atoms with Crippen LogP contribution < -0.4 is 0 Å². The molecule has 11 aromatic rings. The molecule has 0 saturated heterocycles. The summed E-state index contributed by atoms with van der Waals surface area (Å²) < 4.78 is 7.78. The average Bonchev–Trinajstić information content (AvgIpc) is 3.81. The summed E-state index contributed by atoms with van der Waals surface area (Å²) in [5, 5.41) is 13.5. The fourth-order valence-electron chi connectivity index (χ4n) is 8.51. The molecular formula is C52H32OS. The molecule has 252 valence electrons. The molecule has 0 aliphatic heterocycles. The van der Waals surface area contributed by atoms with Gasteiger partial charge in [0.2, 0.25) is 0 Å². The predicted molar refractivity (Wildman–Crippen MR) is 235 cm³/mol. The van der Waals surface area contributed by atoms with Crippen molar-refractivity contribution in [1.29, 1.82) is 0 Å². The predicted octanol–water partition coefficient (Wildman–Crippen LogP) is 15.6. The summed E-state index contributed by atoms with van der Waals surface area (Å²) in [6.45, 7) is 3.82. The summed E-state index contributed by atoms with van der Waals surface area (Å²) in [5.41, 5.74) is 9.14. The molecule has 0 fully saturated rings. The second-order valence-electron chi connectivity index (χ2n) is 14.1. The van der Waals surface area contributed by atoms with Gasteiger partial charge in [0, 0.05) is 25.7 Å². The van der Waals surface area contributed by atoms with Crippen LogP contribution in [0.3, 0.4) is 0 Å². The normalized spacial score (nSPS) is 12.1. The van der Waals surface area contributed by atoms with Gasteiger partial charge in [0.15, 0.2) is 0 Å². The van der Waals surface area contributed by atoms with Crippen molar-refractivity contribution in [2.24, 2.45) is 0 Å². The van der Waals surface area contributed by atoms with Gasteiger partial charge in [0.05, 0.1) is 0 Å². The van der Waals surface area contributed by atoms with Crippen LogP contribution in [0, 0.1) is 0 Å². The Balaban J connectivity index is 1.06. The molecule has 2 heteroatoms. The van der Waals surface area contributed by atoms with E-state index < -0.39 is 0 Å². The van der Waals surface area contributed by atoms with Crippen molar-refractivity contribution in [2.75, 3.05) is 0 Å². The van der Waals surface area contributed by atoms with Crippen molar-refractivity contribution in [1.82, 2.24) is 0 Å². The van der Waals surface area contributed by atoms with E-state index in [4.69, 9.17) is 4.42 Å². The molecule has 54 heavy (non-hydrogen) atoms. The molecule has 2 heterocycles. The van der Waals surface area contributed by atoms with Crippen LogP contribution >= 0.6 is 11.3 Å². The Labute approximate surface area is 316 Å². The number of benzene rings is 9. The maximum Gasteiger partial charge on any atom is 0.136 e. The molecule has 0 saturated carbocycles. The van der Waals surface area contributed by atoms with Crippen LogP contribution in [0.25, 0.3) is 115 Å². The number of thiophene rings is 1. The lowest BCUT2D eigenvalue weighted by Gasteiger charge is -2.18. The number of hydrogen-bond acceptors (Lipinski definition) is 2. The standard InChI is InChI=1S/C52H32OS/c1-2-3-15-39-30-47-44-31-49-46(29-36(44)23-25-50(47)54-39)45-28-35(22-24-48(45)53-49)34-13-10-14-37(27-34)51-40-16-6-8-18-42(40)52(43-19-9-7-17-41(43)51)38-21-20-32-11-4-5-12-33(32)26-38/h2-31H,1H2/b15-3-. The summed E-state index contributed by atoms with van der Waals surface area (Å²) in [4.78, 5) is 1.22. The molecule has 2 aromatic heterocycles. The Kier molecular flexibility index (Phi) is 6.95. The first-order valence-electron chi connectivity index (χ1n) is 18.4.